The van der Waals surface area contributed by atoms with Crippen molar-refractivity contribution in [3.63, 3.8) is 0 Å². The van der Waals surface area contributed by atoms with Crippen LogP contribution in [0.2, 0.25) is 0 Å². The quantitative estimate of drug-likeness (QED) is 0.285. The maximum atomic E-state index is 12.3. The van der Waals surface area contributed by atoms with Crippen LogP contribution in [0.25, 0.3) is 0 Å². The first-order chi connectivity index (χ1) is 9.15. The third-order valence-corrected chi connectivity index (χ3v) is 6.31. The highest BCUT2D eigenvalue weighted by molar-refractivity contribution is 7.85. The van der Waals surface area contributed by atoms with Crippen molar-refractivity contribution in [1.29, 1.82) is 0 Å². The smallest absolute Gasteiger partial charge is 0.309 e. The Morgan fingerprint density at radius 3 is 2.74 bits per heavy atom. The molecule has 4 aliphatic rings. The zero-order valence-corrected chi connectivity index (χ0v) is 13.0. The molecule has 4 rings (SSSR count). The lowest BCUT2D eigenvalue weighted by atomic mass is 9.69. The second-order valence-electron chi connectivity index (χ2n) is 6.80. The van der Waals surface area contributed by atoms with Crippen molar-refractivity contribution in [2.24, 2.45) is 41.4 Å². The second-order valence-corrected chi connectivity index (χ2v) is 8.83. The van der Waals surface area contributed by atoms with Gasteiger partial charge >= 0.3 is 5.97 Å². The Morgan fingerprint density at radius 1 is 1.26 bits per heavy atom. The van der Waals surface area contributed by atoms with Crippen LogP contribution in [0.3, 0.4) is 0 Å². The van der Waals surface area contributed by atoms with Crippen LogP contribution in [0.1, 0.15) is 19.3 Å². The molecule has 0 aliphatic heterocycles. The summed E-state index contributed by atoms with van der Waals surface area (Å²) in [4.78, 5) is 12.3. The lowest BCUT2D eigenvalue weighted by Gasteiger charge is -2.35. The zero-order chi connectivity index (χ0) is 13.1. The molecule has 19 heavy (non-hydrogen) atoms. The van der Waals surface area contributed by atoms with E-state index in [-0.39, 0.29) is 16.9 Å². The average molecular weight is 296 g/mol. The van der Waals surface area contributed by atoms with Gasteiger partial charge in [-0.3, -0.25) is 4.79 Å². The number of hydrogen-bond donors (Lipinski definition) is 1. The van der Waals surface area contributed by atoms with Crippen LogP contribution in [0.4, 0.5) is 0 Å². The highest BCUT2D eigenvalue weighted by Crippen LogP contribution is 2.67. The summed E-state index contributed by atoms with van der Waals surface area (Å²) in [7, 11) is 2.56. The van der Waals surface area contributed by atoms with Gasteiger partial charge in [0.1, 0.15) is 6.61 Å². The second kappa shape index (κ2) is 4.49. The third-order valence-electron chi connectivity index (χ3n) is 5.97. The van der Waals surface area contributed by atoms with Crippen LogP contribution < -0.4 is 0 Å². The summed E-state index contributed by atoms with van der Waals surface area (Å²) in [6.45, 7) is 0.417. The van der Waals surface area contributed by atoms with E-state index in [1.54, 1.807) is 0 Å². The monoisotopic (exact) mass is 296 g/mol. The van der Waals surface area contributed by atoms with Gasteiger partial charge in [0.05, 0.1) is 10.9 Å². The molecule has 4 heteroatoms. The van der Waals surface area contributed by atoms with E-state index in [1.807, 2.05) is 0 Å². The topological polar surface area (TPSA) is 26.3 Å². The van der Waals surface area contributed by atoms with Crippen LogP contribution in [-0.2, 0) is 9.53 Å². The van der Waals surface area contributed by atoms with E-state index in [0.29, 0.717) is 12.5 Å². The number of carbonyl (C=O) groups is 1. The summed E-state index contributed by atoms with van der Waals surface area (Å²) < 4.78 is 5.41. The summed E-state index contributed by atoms with van der Waals surface area (Å²) in [5.74, 6) is 4.88. The van der Waals surface area contributed by atoms with Gasteiger partial charge in [-0.2, -0.15) is 12.6 Å². The number of carbonyl (C=O) groups excluding carboxylic acids is 1. The van der Waals surface area contributed by atoms with E-state index in [9.17, 15) is 4.79 Å². The van der Waals surface area contributed by atoms with Gasteiger partial charge < -0.3 is 4.74 Å². The van der Waals surface area contributed by atoms with Crippen molar-refractivity contribution in [1.82, 2.24) is 0 Å². The molecule has 104 valence electrons. The summed E-state index contributed by atoms with van der Waals surface area (Å²) in [6.07, 6.45) is 8.57. The summed E-state index contributed by atoms with van der Waals surface area (Å²) in [5, 5.41) is 0. The predicted octanol–water partition coefficient (Wildman–Crippen LogP) is 2.75. The van der Waals surface area contributed by atoms with Gasteiger partial charge in [0.2, 0.25) is 0 Å². The van der Waals surface area contributed by atoms with Gasteiger partial charge in [-0.1, -0.05) is 12.2 Å². The number of esters is 1. The molecule has 0 aromatic rings. The summed E-state index contributed by atoms with van der Waals surface area (Å²) in [5.41, 5.74) is 0. The van der Waals surface area contributed by atoms with Crippen molar-refractivity contribution in [2.45, 2.75) is 24.3 Å². The molecule has 2 nitrogen and oxygen atoms in total. The highest BCUT2D eigenvalue weighted by atomic mass is 32.1. The SMILES string of the molecule is O=C(OC[C@@H](P)S)C1CC2CC1C1C3C=CC(C3)C21. The maximum absolute atomic E-state index is 12.3. The minimum absolute atomic E-state index is 0.0409. The third kappa shape index (κ3) is 1.84. The number of fused-ring (bicyclic) bond motifs is 9. The number of allylic oxidation sites excluding steroid dienone is 2. The fourth-order valence-corrected chi connectivity index (χ4v) is 5.73. The largest absolute Gasteiger partial charge is 0.464 e. The fraction of sp³-hybridized carbons (Fsp3) is 0.800. The molecule has 3 saturated carbocycles. The molecule has 0 aromatic heterocycles. The molecule has 0 saturated heterocycles. The Labute approximate surface area is 122 Å². The lowest BCUT2D eigenvalue weighted by molar-refractivity contribution is -0.151. The van der Waals surface area contributed by atoms with Crippen molar-refractivity contribution >= 4 is 27.8 Å². The molecule has 0 aromatic carbocycles. The van der Waals surface area contributed by atoms with Gasteiger partial charge in [0.25, 0.3) is 0 Å². The van der Waals surface area contributed by atoms with E-state index >= 15 is 0 Å². The molecule has 4 aliphatic carbocycles. The van der Waals surface area contributed by atoms with Gasteiger partial charge in [-0.05, 0) is 54.8 Å². The highest BCUT2D eigenvalue weighted by Gasteiger charge is 2.62. The molecule has 3 fully saturated rings. The first-order valence-electron chi connectivity index (χ1n) is 7.43. The minimum atomic E-state index is 0.0409. The number of rotatable bonds is 3. The first kappa shape index (κ1) is 12.7. The number of thiol groups is 1. The average Bonchev–Trinajstić information content (AvgIpc) is 3.11. The van der Waals surface area contributed by atoms with Crippen LogP contribution in [-0.4, -0.2) is 17.6 Å². The Bertz CT molecular complexity index is 436. The predicted molar refractivity (Wildman–Crippen MR) is 80.9 cm³/mol. The van der Waals surface area contributed by atoms with E-state index in [0.717, 1.165) is 36.0 Å². The molecular formula is C15H21O2PS. The van der Waals surface area contributed by atoms with Gasteiger partial charge in [0.15, 0.2) is 0 Å². The molecular weight excluding hydrogens is 275 g/mol. The zero-order valence-electron chi connectivity index (χ0n) is 10.9. The van der Waals surface area contributed by atoms with Crippen molar-refractivity contribution in [2.75, 3.05) is 6.61 Å². The van der Waals surface area contributed by atoms with Gasteiger partial charge in [-0.15, -0.1) is 9.24 Å². The molecule has 0 N–H and O–H groups in total. The molecule has 0 spiro atoms. The van der Waals surface area contributed by atoms with Crippen LogP contribution >= 0.6 is 21.9 Å². The Hall–Kier alpha value is -0.0100. The maximum Gasteiger partial charge on any atom is 0.309 e. The van der Waals surface area contributed by atoms with Crippen LogP contribution in [0.15, 0.2) is 12.2 Å². The van der Waals surface area contributed by atoms with Gasteiger partial charge in [0, 0.05) is 0 Å². The van der Waals surface area contributed by atoms with Crippen molar-refractivity contribution in [3.05, 3.63) is 12.2 Å². The molecule has 4 bridgehead atoms. The van der Waals surface area contributed by atoms with Crippen LogP contribution in [0, 0.1) is 41.4 Å². The van der Waals surface area contributed by atoms with E-state index in [1.165, 1.54) is 12.8 Å². The number of hydrogen-bond acceptors (Lipinski definition) is 3. The van der Waals surface area contributed by atoms with Crippen LogP contribution in [0.5, 0.6) is 0 Å². The van der Waals surface area contributed by atoms with E-state index in [4.69, 9.17) is 4.74 Å². The minimum Gasteiger partial charge on any atom is -0.464 e. The molecule has 0 radical (unpaired) electrons. The van der Waals surface area contributed by atoms with E-state index < -0.39 is 0 Å². The Balaban J connectivity index is 1.47. The molecule has 0 heterocycles. The van der Waals surface area contributed by atoms with E-state index in [2.05, 4.69) is 34.0 Å². The fourth-order valence-electron chi connectivity index (χ4n) is 5.56. The molecule has 8 unspecified atom stereocenters. The number of ether oxygens (including phenoxy) is 1. The molecule has 0 amide bonds. The standard InChI is InChI=1S/C15H21O2PS/c16-15(17-6-12(18)19)11-5-9-4-10(11)14-8-2-1-7(3-8)13(9)14/h1-2,7-14,19H,3-6,18H2/t7?,8?,9?,10?,11?,12-,13?,14?/m0/s1. The summed E-state index contributed by atoms with van der Waals surface area (Å²) in [6, 6.07) is 0. The Morgan fingerprint density at radius 2 is 2.00 bits per heavy atom. The normalized spacial score (nSPS) is 50.5. The van der Waals surface area contributed by atoms with Crippen molar-refractivity contribution in [3.8, 4) is 0 Å². The lowest BCUT2D eigenvalue weighted by Crippen LogP contribution is -2.35. The van der Waals surface area contributed by atoms with Crippen molar-refractivity contribution < 1.29 is 9.53 Å². The van der Waals surface area contributed by atoms with Gasteiger partial charge in [-0.25, -0.2) is 0 Å². The first-order valence-corrected chi connectivity index (χ1v) is 8.62. The summed E-state index contributed by atoms with van der Waals surface area (Å²) >= 11 is 4.24. The Kier molecular flexibility index (Phi) is 3.01. The molecule has 9 atom stereocenters.